The lowest BCUT2D eigenvalue weighted by atomic mass is 10.4. The minimum atomic E-state index is 0.367. The van der Waals surface area contributed by atoms with E-state index >= 15 is 0 Å². The first-order valence-electron chi connectivity index (χ1n) is 4.01. The third-order valence-electron chi connectivity index (χ3n) is 1.53. The second-order valence-corrected chi connectivity index (χ2v) is 5.17. The Balaban J connectivity index is 2.55. The molecule has 0 N–H and O–H groups in total. The zero-order chi connectivity index (χ0) is 9.68. The minimum Gasteiger partial charge on any atom is -0.198 e. The number of halogens is 1. The van der Waals surface area contributed by atoms with Gasteiger partial charge in [-0.3, -0.25) is 0 Å². The lowest BCUT2D eigenvalue weighted by Crippen LogP contribution is -1.92. The maximum absolute atomic E-state index is 8.49. The molecule has 0 spiro atoms. The highest BCUT2D eigenvalue weighted by molar-refractivity contribution is 9.10. The topological polar surface area (TPSA) is 23.8 Å². The number of rotatable bonds is 3. The van der Waals surface area contributed by atoms with Crippen LogP contribution in [0, 0.1) is 11.3 Å². The summed E-state index contributed by atoms with van der Waals surface area (Å²) in [5.41, 5.74) is 0. The van der Waals surface area contributed by atoms with Crippen molar-refractivity contribution in [2.45, 2.75) is 23.5 Å². The van der Waals surface area contributed by atoms with Gasteiger partial charge in [0.2, 0.25) is 0 Å². The van der Waals surface area contributed by atoms with Crippen LogP contribution in [0.25, 0.3) is 0 Å². The molecule has 1 atom stereocenters. The Morgan fingerprint density at radius 3 is 2.62 bits per heavy atom. The number of hydrogen-bond acceptors (Lipinski definition) is 2. The summed E-state index contributed by atoms with van der Waals surface area (Å²) in [5.74, 6) is 0. The zero-order valence-electron chi connectivity index (χ0n) is 7.33. The summed E-state index contributed by atoms with van der Waals surface area (Å²) in [6, 6.07) is 10.3. The van der Waals surface area contributed by atoms with Crippen molar-refractivity contribution in [3.05, 3.63) is 28.7 Å². The Bertz CT molecular complexity index is 302. The van der Waals surface area contributed by atoms with E-state index in [1.807, 2.05) is 12.1 Å². The summed E-state index contributed by atoms with van der Waals surface area (Å²) in [6.45, 7) is 2.07. The normalized spacial score (nSPS) is 12.1. The fourth-order valence-corrected chi connectivity index (χ4v) is 2.10. The van der Waals surface area contributed by atoms with Crippen LogP contribution in [0.4, 0.5) is 0 Å². The first-order valence-corrected chi connectivity index (χ1v) is 5.69. The molecule has 1 nitrogen and oxygen atoms in total. The van der Waals surface area contributed by atoms with Crippen LogP contribution < -0.4 is 0 Å². The van der Waals surface area contributed by atoms with Crippen LogP contribution in [0.2, 0.25) is 0 Å². The number of nitrogens with zero attached hydrogens (tertiary/aromatic N) is 1. The van der Waals surface area contributed by atoms with Crippen LogP contribution >= 0.6 is 27.7 Å². The summed E-state index contributed by atoms with van der Waals surface area (Å²) in [6.07, 6.45) is 0.598. The first kappa shape index (κ1) is 10.6. The molecule has 0 aromatic heterocycles. The summed E-state index contributed by atoms with van der Waals surface area (Å²) >= 11 is 5.11. The maximum atomic E-state index is 8.49. The SMILES string of the molecule is CC(CC#N)Sc1ccc(Br)cc1. The maximum Gasteiger partial charge on any atom is 0.0633 e. The molecule has 0 aliphatic rings. The molecule has 0 saturated heterocycles. The van der Waals surface area contributed by atoms with Crippen molar-refractivity contribution >= 4 is 27.7 Å². The van der Waals surface area contributed by atoms with Crippen molar-refractivity contribution in [2.75, 3.05) is 0 Å². The Kier molecular flexibility index (Phi) is 4.34. The molecular weight excluding hydrogens is 246 g/mol. The number of benzene rings is 1. The molecule has 0 amide bonds. The largest absolute Gasteiger partial charge is 0.198 e. The second kappa shape index (κ2) is 5.31. The molecule has 0 radical (unpaired) electrons. The summed E-state index contributed by atoms with van der Waals surface area (Å²) in [4.78, 5) is 1.21. The van der Waals surface area contributed by atoms with Crippen LogP contribution in [0.1, 0.15) is 13.3 Å². The van der Waals surface area contributed by atoms with E-state index < -0.39 is 0 Å². The predicted molar refractivity (Wildman–Crippen MR) is 59.7 cm³/mol. The van der Waals surface area contributed by atoms with Gasteiger partial charge in [-0.05, 0) is 24.3 Å². The van der Waals surface area contributed by atoms with Crippen molar-refractivity contribution in [3.63, 3.8) is 0 Å². The van der Waals surface area contributed by atoms with Crippen molar-refractivity contribution in [1.82, 2.24) is 0 Å². The quantitative estimate of drug-likeness (QED) is 0.767. The van der Waals surface area contributed by atoms with Crippen molar-refractivity contribution < 1.29 is 0 Å². The molecule has 0 aliphatic heterocycles. The second-order valence-electron chi connectivity index (χ2n) is 2.74. The summed E-state index contributed by atoms with van der Waals surface area (Å²) in [5, 5.41) is 8.85. The Labute approximate surface area is 91.3 Å². The zero-order valence-corrected chi connectivity index (χ0v) is 9.73. The lowest BCUT2D eigenvalue weighted by molar-refractivity contribution is 0.989. The molecule has 13 heavy (non-hydrogen) atoms. The van der Waals surface area contributed by atoms with Gasteiger partial charge in [-0.25, -0.2) is 0 Å². The molecule has 1 aromatic carbocycles. The van der Waals surface area contributed by atoms with Gasteiger partial charge in [0, 0.05) is 21.0 Å². The van der Waals surface area contributed by atoms with Gasteiger partial charge in [0.1, 0.15) is 0 Å². The van der Waals surface area contributed by atoms with Crippen molar-refractivity contribution in [2.24, 2.45) is 0 Å². The average Bonchev–Trinajstić information content (AvgIpc) is 2.09. The lowest BCUT2D eigenvalue weighted by Gasteiger charge is -2.06. The first-order chi connectivity index (χ1) is 6.22. The van der Waals surface area contributed by atoms with Gasteiger partial charge >= 0.3 is 0 Å². The van der Waals surface area contributed by atoms with E-state index in [-0.39, 0.29) is 0 Å². The highest BCUT2D eigenvalue weighted by Crippen LogP contribution is 2.25. The van der Waals surface area contributed by atoms with Crippen molar-refractivity contribution in [1.29, 1.82) is 5.26 Å². The number of thioether (sulfide) groups is 1. The van der Waals surface area contributed by atoms with E-state index in [2.05, 4.69) is 41.1 Å². The average molecular weight is 256 g/mol. The van der Waals surface area contributed by atoms with Gasteiger partial charge in [0.05, 0.1) is 6.07 Å². The van der Waals surface area contributed by atoms with E-state index in [1.54, 1.807) is 11.8 Å². The minimum absolute atomic E-state index is 0.367. The Morgan fingerprint density at radius 1 is 1.46 bits per heavy atom. The van der Waals surface area contributed by atoms with Gasteiger partial charge < -0.3 is 0 Å². The fraction of sp³-hybridized carbons (Fsp3) is 0.300. The molecule has 0 heterocycles. The molecule has 0 fully saturated rings. The third kappa shape index (κ3) is 3.84. The highest BCUT2D eigenvalue weighted by atomic mass is 79.9. The van der Waals surface area contributed by atoms with Gasteiger partial charge in [-0.1, -0.05) is 22.9 Å². The van der Waals surface area contributed by atoms with E-state index in [9.17, 15) is 0 Å². The van der Waals surface area contributed by atoms with Crippen LogP contribution in [-0.2, 0) is 0 Å². The Morgan fingerprint density at radius 2 is 2.08 bits per heavy atom. The molecule has 0 saturated carbocycles. The molecule has 68 valence electrons. The molecule has 0 aliphatic carbocycles. The summed E-state index contributed by atoms with van der Waals surface area (Å²) in [7, 11) is 0. The smallest absolute Gasteiger partial charge is 0.0633 e. The van der Waals surface area contributed by atoms with Gasteiger partial charge in [0.25, 0.3) is 0 Å². The fourth-order valence-electron chi connectivity index (χ4n) is 0.916. The van der Waals surface area contributed by atoms with Gasteiger partial charge in [0.15, 0.2) is 0 Å². The van der Waals surface area contributed by atoms with E-state index in [0.29, 0.717) is 11.7 Å². The number of nitriles is 1. The Hall–Kier alpha value is -0.460. The van der Waals surface area contributed by atoms with Gasteiger partial charge in [-0.15, -0.1) is 11.8 Å². The molecule has 1 rings (SSSR count). The van der Waals surface area contributed by atoms with E-state index in [0.717, 1.165) is 4.47 Å². The number of hydrogen-bond donors (Lipinski definition) is 0. The van der Waals surface area contributed by atoms with E-state index in [4.69, 9.17) is 5.26 Å². The van der Waals surface area contributed by atoms with Crippen LogP contribution in [0.3, 0.4) is 0 Å². The highest BCUT2D eigenvalue weighted by Gasteiger charge is 2.02. The van der Waals surface area contributed by atoms with Gasteiger partial charge in [-0.2, -0.15) is 5.26 Å². The van der Waals surface area contributed by atoms with Crippen LogP contribution in [0.15, 0.2) is 33.6 Å². The molecular formula is C10H10BrNS. The molecule has 1 aromatic rings. The monoisotopic (exact) mass is 255 g/mol. The van der Waals surface area contributed by atoms with E-state index in [1.165, 1.54) is 4.90 Å². The molecule has 0 bridgehead atoms. The third-order valence-corrected chi connectivity index (χ3v) is 3.17. The van der Waals surface area contributed by atoms with Crippen LogP contribution in [-0.4, -0.2) is 5.25 Å². The van der Waals surface area contributed by atoms with Crippen molar-refractivity contribution in [3.8, 4) is 6.07 Å². The predicted octanol–water partition coefficient (Wildman–Crippen LogP) is 3.84. The summed E-state index contributed by atoms with van der Waals surface area (Å²) < 4.78 is 1.09. The molecule has 3 heteroatoms. The van der Waals surface area contributed by atoms with Crippen LogP contribution in [0.5, 0.6) is 0 Å². The standard InChI is InChI=1S/C10H10BrNS/c1-8(6-7-12)13-10-4-2-9(11)3-5-10/h2-5,8H,6H2,1H3. The molecule has 1 unspecified atom stereocenters.